The van der Waals surface area contributed by atoms with Crippen LogP contribution in [0, 0.1) is 0 Å². The molecule has 1 aliphatic heterocycles. The van der Waals surface area contributed by atoms with Crippen LogP contribution in [0.1, 0.15) is 59.1 Å². The number of halogens is 3. The minimum absolute atomic E-state index is 0.191. The topological polar surface area (TPSA) is 55.3 Å². The van der Waals surface area contributed by atoms with Gasteiger partial charge in [-0.1, -0.05) is 12.1 Å². The van der Waals surface area contributed by atoms with Crippen LogP contribution in [-0.4, -0.2) is 40.2 Å². The molecule has 1 aliphatic carbocycles. The Morgan fingerprint density at radius 2 is 1.66 bits per heavy atom. The van der Waals surface area contributed by atoms with E-state index in [1.807, 2.05) is 0 Å². The van der Waals surface area contributed by atoms with Crippen molar-refractivity contribution in [3.63, 3.8) is 0 Å². The molecule has 5 nitrogen and oxygen atoms in total. The number of hydrogen-bond donors (Lipinski definition) is 0. The number of carbonyl (C=O) groups is 1. The minimum atomic E-state index is -4.75. The van der Waals surface area contributed by atoms with Crippen LogP contribution in [0.25, 0.3) is 10.9 Å². The number of rotatable bonds is 4. The average Bonchev–Trinajstić information content (AvgIpc) is 3.63. The highest BCUT2D eigenvalue weighted by Crippen LogP contribution is 2.41. The molecule has 0 N–H and O–H groups in total. The van der Waals surface area contributed by atoms with Crippen LogP contribution in [0.5, 0.6) is 5.75 Å². The summed E-state index contributed by atoms with van der Waals surface area (Å²) in [5, 5.41) is 1.07. The van der Waals surface area contributed by atoms with Crippen LogP contribution < -0.4 is 4.74 Å². The number of aromatic nitrogens is 2. The van der Waals surface area contributed by atoms with Gasteiger partial charge in [-0.3, -0.25) is 4.79 Å². The second-order valence-corrected chi connectivity index (χ2v) is 8.45. The molecule has 1 saturated heterocycles. The first kappa shape index (κ1) is 20.7. The van der Waals surface area contributed by atoms with Crippen LogP contribution in [0.3, 0.4) is 0 Å². The molecule has 0 bridgehead atoms. The lowest BCUT2D eigenvalue weighted by atomic mass is 9.90. The van der Waals surface area contributed by atoms with Gasteiger partial charge in [0.05, 0.1) is 11.2 Å². The van der Waals surface area contributed by atoms with Crippen molar-refractivity contribution in [2.75, 3.05) is 13.1 Å². The first-order valence-corrected chi connectivity index (χ1v) is 10.8. The minimum Gasteiger partial charge on any atom is -0.406 e. The van der Waals surface area contributed by atoms with E-state index in [-0.39, 0.29) is 17.6 Å². The van der Waals surface area contributed by atoms with Gasteiger partial charge >= 0.3 is 6.36 Å². The zero-order valence-electron chi connectivity index (χ0n) is 17.3. The van der Waals surface area contributed by atoms with E-state index in [1.54, 1.807) is 11.2 Å². The number of hydrogen-bond acceptors (Lipinski definition) is 4. The summed E-state index contributed by atoms with van der Waals surface area (Å²) < 4.78 is 40.8. The lowest BCUT2D eigenvalue weighted by molar-refractivity contribution is -0.274. The zero-order chi connectivity index (χ0) is 22.3. The van der Waals surface area contributed by atoms with Crippen molar-refractivity contribution in [1.82, 2.24) is 14.9 Å². The number of nitrogens with zero attached hydrogens (tertiary/aromatic N) is 3. The molecule has 8 heteroatoms. The van der Waals surface area contributed by atoms with Crippen LogP contribution in [0.2, 0.25) is 0 Å². The summed E-state index contributed by atoms with van der Waals surface area (Å²) in [5.74, 6) is 0.372. The summed E-state index contributed by atoms with van der Waals surface area (Å²) in [4.78, 5) is 23.6. The number of ether oxygens (including phenoxy) is 1. The first-order valence-electron chi connectivity index (χ1n) is 10.8. The van der Waals surface area contributed by atoms with E-state index in [1.165, 1.54) is 30.5 Å². The molecule has 1 amide bonds. The standard InChI is InChI=1S/C24H22F3N3O2/c25-24(26,27)32-19-6-3-17(4-7-19)23(31)30-11-9-16(10-12-30)22-20-8-5-18(15-1-2-15)13-21(20)28-14-29-22/h3-8,13-16H,1-2,9-12H2. The van der Waals surface area contributed by atoms with E-state index >= 15 is 0 Å². The summed E-state index contributed by atoms with van der Waals surface area (Å²) in [6, 6.07) is 11.5. The summed E-state index contributed by atoms with van der Waals surface area (Å²) >= 11 is 0. The van der Waals surface area contributed by atoms with Gasteiger partial charge in [-0.2, -0.15) is 0 Å². The molecule has 2 aliphatic rings. The predicted octanol–water partition coefficient (Wildman–Crippen LogP) is 5.43. The average molecular weight is 441 g/mol. The maximum Gasteiger partial charge on any atom is 0.573 e. The number of alkyl halides is 3. The molecule has 0 spiro atoms. The molecule has 2 heterocycles. The molecule has 2 fully saturated rings. The van der Waals surface area contributed by atoms with Crippen LogP contribution in [-0.2, 0) is 0 Å². The summed E-state index contributed by atoms with van der Waals surface area (Å²) in [7, 11) is 0. The second kappa shape index (κ2) is 8.07. The number of likely N-dealkylation sites (tertiary alicyclic amines) is 1. The Balaban J connectivity index is 1.25. The van der Waals surface area contributed by atoms with Crippen molar-refractivity contribution >= 4 is 16.8 Å². The largest absolute Gasteiger partial charge is 0.573 e. The van der Waals surface area contributed by atoms with E-state index < -0.39 is 6.36 Å². The fraction of sp³-hybridized carbons (Fsp3) is 0.375. The molecule has 1 aromatic heterocycles. The Morgan fingerprint density at radius 3 is 2.31 bits per heavy atom. The van der Waals surface area contributed by atoms with Gasteiger partial charge in [0.1, 0.15) is 12.1 Å². The SMILES string of the molecule is O=C(c1ccc(OC(F)(F)F)cc1)N1CCC(c2ncnc3cc(C4CC4)ccc23)CC1. The number of amides is 1. The fourth-order valence-corrected chi connectivity index (χ4v) is 4.43. The van der Waals surface area contributed by atoms with Crippen molar-refractivity contribution in [3.05, 3.63) is 65.6 Å². The third-order valence-corrected chi connectivity index (χ3v) is 6.24. The van der Waals surface area contributed by atoms with Gasteiger partial charge in [-0.25, -0.2) is 9.97 Å². The molecule has 32 heavy (non-hydrogen) atoms. The summed E-state index contributed by atoms with van der Waals surface area (Å²) in [6.45, 7) is 1.13. The van der Waals surface area contributed by atoms with Gasteiger partial charge in [0, 0.05) is 30.0 Å². The van der Waals surface area contributed by atoms with Gasteiger partial charge < -0.3 is 9.64 Å². The maximum absolute atomic E-state index is 12.8. The smallest absolute Gasteiger partial charge is 0.406 e. The molecule has 5 rings (SSSR count). The van der Waals surface area contributed by atoms with Gasteiger partial charge in [-0.05, 0) is 67.5 Å². The molecule has 3 aromatic rings. The van der Waals surface area contributed by atoms with Crippen molar-refractivity contribution < 1.29 is 22.7 Å². The maximum atomic E-state index is 12.8. The molecule has 2 aromatic carbocycles. The summed E-state index contributed by atoms with van der Waals surface area (Å²) in [5.41, 5.74) is 3.68. The molecule has 1 saturated carbocycles. The van der Waals surface area contributed by atoms with Gasteiger partial charge in [-0.15, -0.1) is 13.2 Å². The zero-order valence-corrected chi connectivity index (χ0v) is 17.3. The normalized spacial score (nSPS) is 17.5. The molecular weight excluding hydrogens is 419 g/mol. The Labute approximate surface area is 183 Å². The Kier molecular flexibility index (Phi) is 5.23. The van der Waals surface area contributed by atoms with Crippen LogP contribution in [0.15, 0.2) is 48.8 Å². The molecule has 0 atom stereocenters. The predicted molar refractivity (Wildman–Crippen MR) is 113 cm³/mol. The Morgan fingerprint density at radius 1 is 0.938 bits per heavy atom. The van der Waals surface area contributed by atoms with Crippen molar-refractivity contribution in [1.29, 1.82) is 0 Å². The first-order chi connectivity index (χ1) is 15.4. The van der Waals surface area contributed by atoms with E-state index in [9.17, 15) is 18.0 Å². The van der Waals surface area contributed by atoms with Crippen molar-refractivity contribution in [2.45, 2.75) is 43.9 Å². The van der Waals surface area contributed by atoms with E-state index in [4.69, 9.17) is 0 Å². The molecule has 166 valence electrons. The van der Waals surface area contributed by atoms with Crippen LogP contribution in [0.4, 0.5) is 13.2 Å². The number of benzene rings is 2. The molecular formula is C24H22F3N3O2. The second-order valence-electron chi connectivity index (χ2n) is 8.45. The lowest BCUT2D eigenvalue weighted by Gasteiger charge is -2.32. The van der Waals surface area contributed by atoms with E-state index in [0.29, 0.717) is 24.6 Å². The quantitative estimate of drug-likeness (QED) is 0.542. The third-order valence-electron chi connectivity index (χ3n) is 6.24. The highest BCUT2D eigenvalue weighted by Gasteiger charge is 2.31. The monoisotopic (exact) mass is 441 g/mol. The number of carbonyl (C=O) groups excluding carboxylic acids is 1. The summed E-state index contributed by atoms with van der Waals surface area (Å²) in [6.07, 6.45) is 0.908. The fourth-order valence-electron chi connectivity index (χ4n) is 4.43. The van der Waals surface area contributed by atoms with Crippen LogP contribution >= 0.6 is 0 Å². The number of fused-ring (bicyclic) bond motifs is 1. The van der Waals surface area contributed by atoms with Crippen molar-refractivity contribution in [2.24, 2.45) is 0 Å². The van der Waals surface area contributed by atoms with Gasteiger partial charge in [0.15, 0.2) is 0 Å². The molecule has 0 radical (unpaired) electrons. The Bertz CT molecular complexity index is 1140. The van der Waals surface area contributed by atoms with E-state index in [2.05, 4.69) is 32.9 Å². The Hall–Kier alpha value is -3.16. The third kappa shape index (κ3) is 4.40. The molecule has 0 unspecified atom stereocenters. The highest BCUT2D eigenvalue weighted by molar-refractivity contribution is 5.94. The highest BCUT2D eigenvalue weighted by atomic mass is 19.4. The van der Waals surface area contributed by atoms with Gasteiger partial charge in [0.25, 0.3) is 5.91 Å². The number of piperidine rings is 1. The lowest BCUT2D eigenvalue weighted by Crippen LogP contribution is -2.38. The van der Waals surface area contributed by atoms with E-state index in [0.717, 1.165) is 41.6 Å². The van der Waals surface area contributed by atoms with Crippen molar-refractivity contribution in [3.8, 4) is 5.75 Å². The van der Waals surface area contributed by atoms with Gasteiger partial charge in [0.2, 0.25) is 0 Å².